The van der Waals surface area contributed by atoms with Gasteiger partial charge in [0.15, 0.2) is 0 Å². The van der Waals surface area contributed by atoms with Crippen molar-refractivity contribution in [3.8, 4) is 6.07 Å². The van der Waals surface area contributed by atoms with Crippen LogP contribution in [0, 0.1) is 17.1 Å². The lowest BCUT2D eigenvalue weighted by molar-refractivity contribution is 0.621. The van der Waals surface area contributed by atoms with Crippen LogP contribution in [0.15, 0.2) is 41.6 Å². The second-order valence-corrected chi connectivity index (χ2v) is 3.47. The predicted molar refractivity (Wildman–Crippen MR) is 58.7 cm³/mol. The summed E-state index contributed by atoms with van der Waals surface area (Å²) in [5.41, 5.74) is 0.459. The molecule has 2 aromatic rings. The summed E-state index contributed by atoms with van der Waals surface area (Å²) in [5, 5.41) is 8.69. The predicted octanol–water partition coefficient (Wildman–Crippen LogP) is 1.30. The van der Waals surface area contributed by atoms with E-state index >= 15 is 0 Å². The molecule has 0 bridgehead atoms. The minimum Gasteiger partial charge on any atom is -0.295 e. The van der Waals surface area contributed by atoms with Crippen molar-refractivity contribution in [2.24, 2.45) is 0 Å². The SMILES string of the molecule is N#Cc1cc(Cn2cnccc2=O)ccc1F. The molecule has 0 radical (unpaired) electrons. The van der Waals surface area contributed by atoms with E-state index in [2.05, 4.69) is 4.98 Å². The van der Waals surface area contributed by atoms with Gasteiger partial charge >= 0.3 is 0 Å². The summed E-state index contributed by atoms with van der Waals surface area (Å²) in [5.74, 6) is -0.560. The molecule has 0 aliphatic rings. The van der Waals surface area contributed by atoms with Gasteiger partial charge in [-0.1, -0.05) is 6.07 Å². The van der Waals surface area contributed by atoms with E-state index in [0.717, 1.165) is 0 Å². The molecule has 17 heavy (non-hydrogen) atoms. The van der Waals surface area contributed by atoms with Gasteiger partial charge in [0, 0.05) is 12.3 Å². The van der Waals surface area contributed by atoms with Gasteiger partial charge in [-0.25, -0.2) is 9.37 Å². The highest BCUT2D eigenvalue weighted by Gasteiger charge is 2.03. The van der Waals surface area contributed by atoms with Gasteiger partial charge in [-0.15, -0.1) is 0 Å². The van der Waals surface area contributed by atoms with Crippen LogP contribution >= 0.6 is 0 Å². The van der Waals surface area contributed by atoms with Crippen molar-refractivity contribution in [2.75, 3.05) is 0 Å². The Hall–Kier alpha value is -2.48. The van der Waals surface area contributed by atoms with Crippen LogP contribution in [0.1, 0.15) is 11.1 Å². The average molecular weight is 229 g/mol. The zero-order valence-corrected chi connectivity index (χ0v) is 8.80. The lowest BCUT2D eigenvalue weighted by Crippen LogP contribution is -2.19. The molecule has 1 aromatic heterocycles. The van der Waals surface area contributed by atoms with E-state index in [0.29, 0.717) is 5.56 Å². The van der Waals surface area contributed by atoms with Crippen molar-refractivity contribution in [1.29, 1.82) is 5.26 Å². The maximum Gasteiger partial charge on any atom is 0.253 e. The molecule has 0 aliphatic carbocycles. The van der Waals surface area contributed by atoms with Crippen LogP contribution in [0.4, 0.5) is 4.39 Å². The van der Waals surface area contributed by atoms with Crippen LogP contribution in [0.25, 0.3) is 0 Å². The molecule has 0 N–H and O–H groups in total. The monoisotopic (exact) mass is 229 g/mol. The quantitative estimate of drug-likeness (QED) is 0.779. The van der Waals surface area contributed by atoms with Crippen molar-refractivity contribution in [1.82, 2.24) is 9.55 Å². The van der Waals surface area contributed by atoms with Crippen LogP contribution < -0.4 is 5.56 Å². The topological polar surface area (TPSA) is 58.7 Å². The van der Waals surface area contributed by atoms with Gasteiger partial charge in [-0.05, 0) is 17.7 Å². The molecule has 1 heterocycles. The first-order chi connectivity index (χ1) is 8.20. The van der Waals surface area contributed by atoms with E-state index in [4.69, 9.17) is 5.26 Å². The Morgan fingerprint density at radius 1 is 1.41 bits per heavy atom. The van der Waals surface area contributed by atoms with E-state index in [1.807, 2.05) is 0 Å². The van der Waals surface area contributed by atoms with Crippen LogP contribution in [-0.4, -0.2) is 9.55 Å². The van der Waals surface area contributed by atoms with Gasteiger partial charge in [0.2, 0.25) is 0 Å². The lowest BCUT2D eigenvalue weighted by Gasteiger charge is -2.05. The first-order valence-electron chi connectivity index (χ1n) is 4.89. The van der Waals surface area contributed by atoms with Crippen LogP contribution in [0.2, 0.25) is 0 Å². The van der Waals surface area contributed by atoms with Gasteiger partial charge in [0.25, 0.3) is 5.56 Å². The number of hydrogen-bond donors (Lipinski definition) is 0. The van der Waals surface area contributed by atoms with Gasteiger partial charge in [0.1, 0.15) is 11.9 Å². The number of halogens is 1. The Labute approximate surface area is 96.6 Å². The summed E-state index contributed by atoms with van der Waals surface area (Å²) in [4.78, 5) is 15.3. The fourth-order valence-corrected chi connectivity index (χ4v) is 1.45. The fraction of sp³-hybridized carbons (Fsp3) is 0.0833. The summed E-state index contributed by atoms with van der Waals surface area (Å²) < 4.78 is 14.5. The van der Waals surface area contributed by atoms with Gasteiger partial charge in [-0.3, -0.25) is 9.36 Å². The Kier molecular flexibility index (Phi) is 2.97. The molecule has 0 spiro atoms. The highest BCUT2D eigenvalue weighted by molar-refractivity contribution is 5.34. The minimum atomic E-state index is -0.560. The van der Waals surface area contributed by atoms with E-state index in [1.165, 1.54) is 41.4 Å². The number of nitrogens with zero attached hydrogens (tertiary/aromatic N) is 3. The standard InChI is InChI=1S/C12H8FN3O/c13-11-2-1-9(5-10(11)6-14)7-16-8-15-4-3-12(16)17/h1-5,8H,7H2. The second-order valence-electron chi connectivity index (χ2n) is 3.47. The summed E-state index contributed by atoms with van der Waals surface area (Å²) in [7, 11) is 0. The Balaban J connectivity index is 2.35. The van der Waals surface area contributed by atoms with E-state index < -0.39 is 5.82 Å². The normalized spacial score (nSPS) is 9.88. The molecule has 0 saturated carbocycles. The van der Waals surface area contributed by atoms with Crippen molar-refractivity contribution < 1.29 is 4.39 Å². The van der Waals surface area contributed by atoms with Crippen molar-refractivity contribution in [3.63, 3.8) is 0 Å². The van der Waals surface area contributed by atoms with E-state index in [1.54, 1.807) is 6.07 Å². The smallest absolute Gasteiger partial charge is 0.253 e. The fourth-order valence-electron chi connectivity index (χ4n) is 1.45. The molecule has 0 unspecified atom stereocenters. The minimum absolute atomic E-state index is 0.0283. The van der Waals surface area contributed by atoms with E-state index in [-0.39, 0.29) is 17.7 Å². The molecule has 0 saturated heterocycles. The van der Waals surface area contributed by atoms with Crippen LogP contribution in [0.5, 0.6) is 0 Å². The summed E-state index contributed by atoms with van der Waals surface area (Å²) in [6.45, 7) is 0.266. The maximum absolute atomic E-state index is 13.1. The molecule has 0 atom stereocenters. The molecule has 2 rings (SSSR count). The lowest BCUT2D eigenvalue weighted by atomic mass is 10.1. The highest BCUT2D eigenvalue weighted by Crippen LogP contribution is 2.10. The molecular weight excluding hydrogens is 221 g/mol. The van der Waals surface area contributed by atoms with E-state index in [9.17, 15) is 9.18 Å². The Morgan fingerprint density at radius 3 is 2.94 bits per heavy atom. The summed E-state index contributed by atoms with van der Waals surface area (Å²) in [6.07, 6.45) is 2.81. The molecular formula is C12H8FN3O. The third-order valence-corrected chi connectivity index (χ3v) is 2.30. The number of hydrogen-bond acceptors (Lipinski definition) is 3. The molecule has 4 nitrogen and oxygen atoms in total. The molecule has 1 aromatic carbocycles. The maximum atomic E-state index is 13.1. The zero-order valence-electron chi connectivity index (χ0n) is 8.80. The molecule has 0 aliphatic heterocycles. The van der Waals surface area contributed by atoms with Crippen molar-refractivity contribution in [2.45, 2.75) is 6.54 Å². The first-order valence-corrected chi connectivity index (χ1v) is 4.89. The second kappa shape index (κ2) is 4.58. The third-order valence-electron chi connectivity index (χ3n) is 2.30. The Morgan fingerprint density at radius 2 is 2.24 bits per heavy atom. The van der Waals surface area contributed by atoms with Gasteiger partial charge in [0.05, 0.1) is 18.4 Å². The zero-order chi connectivity index (χ0) is 12.3. The van der Waals surface area contributed by atoms with Gasteiger partial charge < -0.3 is 0 Å². The van der Waals surface area contributed by atoms with Crippen LogP contribution in [0.3, 0.4) is 0 Å². The first kappa shape index (κ1) is 11.0. The molecule has 84 valence electrons. The summed E-state index contributed by atoms with van der Waals surface area (Å²) in [6, 6.07) is 7.28. The largest absolute Gasteiger partial charge is 0.295 e. The third kappa shape index (κ3) is 2.37. The average Bonchev–Trinajstić information content (AvgIpc) is 2.34. The molecule has 0 fully saturated rings. The number of aromatic nitrogens is 2. The van der Waals surface area contributed by atoms with Gasteiger partial charge in [-0.2, -0.15) is 5.26 Å². The van der Waals surface area contributed by atoms with Crippen molar-refractivity contribution >= 4 is 0 Å². The van der Waals surface area contributed by atoms with Crippen LogP contribution in [-0.2, 0) is 6.54 Å². The summed E-state index contributed by atoms with van der Waals surface area (Å²) >= 11 is 0. The molecule has 5 heteroatoms. The number of rotatable bonds is 2. The number of nitriles is 1. The Bertz CT molecular complexity index is 643. The highest BCUT2D eigenvalue weighted by atomic mass is 19.1. The van der Waals surface area contributed by atoms with Crippen molar-refractivity contribution in [3.05, 3.63) is 64.1 Å². The number of benzene rings is 1. The molecule has 0 amide bonds.